The first-order valence-corrected chi connectivity index (χ1v) is 6.96. The molecule has 0 radical (unpaired) electrons. The molecule has 0 aliphatic heterocycles. The van der Waals surface area contributed by atoms with Gasteiger partial charge in [-0.1, -0.05) is 7.43 Å². The van der Waals surface area contributed by atoms with Crippen LogP contribution in [0, 0.1) is 0 Å². The molecule has 2 atom stereocenters. The van der Waals surface area contributed by atoms with Crippen LogP contribution >= 0.6 is 0 Å². The van der Waals surface area contributed by atoms with Crippen LogP contribution in [0.3, 0.4) is 0 Å². The molecule has 0 bridgehead atoms. The van der Waals surface area contributed by atoms with E-state index in [1.54, 1.807) is 0 Å². The average molecular weight is 422 g/mol. The van der Waals surface area contributed by atoms with Crippen molar-refractivity contribution in [3.63, 3.8) is 0 Å². The minimum Gasteiger partial charge on any atom is -0.481 e. The first-order valence-electron chi connectivity index (χ1n) is 6.96. The van der Waals surface area contributed by atoms with Crippen molar-refractivity contribution in [1.82, 2.24) is 0 Å². The third-order valence-corrected chi connectivity index (χ3v) is 2.66. The van der Waals surface area contributed by atoms with Crippen LogP contribution in [0.2, 0.25) is 0 Å². The quantitative estimate of drug-likeness (QED) is 0.184. The highest BCUT2D eigenvalue weighted by Crippen LogP contribution is 2.07. The van der Waals surface area contributed by atoms with Gasteiger partial charge in [-0.25, -0.2) is 9.59 Å². The van der Waals surface area contributed by atoms with Gasteiger partial charge in [0.1, 0.15) is 12.1 Å². The van der Waals surface area contributed by atoms with E-state index in [9.17, 15) is 28.8 Å². The van der Waals surface area contributed by atoms with Gasteiger partial charge in [0.25, 0.3) is 0 Å². The molecule has 14 heteroatoms. The number of rotatable bonds is 10. The second-order valence-corrected chi connectivity index (χ2v) is 4.89. The third kappa shape index (κ3) is 15.0. The van der Waals surface area contributed by atoms with E-state index in [-0.39, 0.29) is 18.6 Å². The van der Waals surface area contributed by atoms with Crippen molar-refractivity contribution in [2.45, 2.75) is 32.4 Å². The fourth-order valence-electron chi connectivity index (χ4n) is 1.49. The maximum Gasteiger partial charge on any atom is 0.328 e. The van der Waals surface area contributed by atoms with E-state index in [0.29, 0.717) is 12.2 Å². The summed E-state index contributed by atoms with van der Waals surface area (Å²) >= 11 is 0. The molecule has 29 heavy (non-hydrogen) atoms. The van der Waals surface area contributed by atoms with Crippen LogP contribution in [0.4, 0.5) is 0 Å². The SMILES string of the molecule is C.NC(C(=O)O)/C(=C\C(=O)O)CC(=O)O.NC(C(=O)O)/C(=C\C(=O)O)CC(=O)O. The van der Waals surface area contributed by atoms with Gasteiger partial charge in [-0.05, 0) is 11.1 Å². The Bertz CT molecular complexity index is 650. The summed E-state index contributed by atoms with van der Waals surface area (Å²) in [6.45, 7) is 0. The maximum atomic E-state index is 10.4. The standard InChI is InChI=1S/2C7H9NO6.CH4/c2*8-6(7(13)14)3(1-4(9)10)2-5(11)12;/h2*1,6H,2,8H2,(H,9,10)(H,11,12)(H,13,14);1H4/b2*3-1-;. The smallest absolute Gasteiger partial charge is 0.328 e. The predicted octanol–water partition coefficient (Wildman–Crippen LogP) is -1.60. The fourth-order valence-corrected chi connectivity index (χ4v) is 1.49. The number of carboxylic acids is 6. The lowest BCUT2D eigenvalue weighted by Crippen LogP contribution is -2.33. The van der Waals surface area contributed by atoms with Crippen LogP contribution in [0.25, 0.3) is 0 Å². The van der Waals surface area contributed by atoms with E-state index in [1.807, 2.05) is 0 Å². The zero-order chi connectivity index (χ0) is 22.6. The van der Waals surface area contributed by atoms with E-state index in [4.69, 9.17) is 42.1 Å². The van der Waals surface area contributed by atoms with Crippen molar-refractivity contribution >= 4 is 35.8 Å². The zero-order valence-corrected chi connectivity index (χ0v) is 14.0. The maximum absolute atomic E-state index is 10.4. The van der Waals surface area contributed by atoms with E-state index < -0.39 is 60.7 Å². The van der Waals surface area contributed by atoms with Gasteiger partial charge < -0.3 is 42.1 Å². The first-order chi connectivity index (χ1) is 12.7. The lowest BCUT2D eigenvalue weighted by molar-refractivity contribution is -0.140. The summed E-state index contributed by atoms with van der Waals surface area (Å²) in [7, 11) is 0. The Hall–Kier alpha value is -3.78. The highest BCUT2D eigenvalue weighted by Gasteiger charge is 2.21. The number of hydrogen-bond donors (Lipinski definition) is 8. The predicted molar refractivity (Wildman–Crippen MR) is 93.9 cm³/mol. The molecule has 0 aromatic rings. The highest BCUT2D eigenvalue weighted by atomic mass is 16.4. The molecule has 0 rings (SSSR count). The molecular formula is C15H22N2O12. The van der Waals surface area contributed by atoms with Crippen LogP contribution in [0.15, 0.2) is 23.3 Å². The molecule has 0 aliphatic carbocycles. The van der Waals surface area contributed by atoms with Gasteiger partial charge in [-0.15, -0.1) is 0 Å². The molecule has 0 aliphatic rings. The molecule has 0 aromatic carbocycles. The molecule has 164 valence electrons. The van der Waals surface area contributed by atoms with Gasteiger partial charge in [0, 0.05) is 12.2 Å². The van der Waals surface area contributed by atoms with Gasteiger partial charge in [0.05, 0.1) is 12.8 Å². The zero-order valence-electron chi connectivity index (χ0n) is 14.0. The monoisotopic (exact) mass is 422 g/mol. The van der Waals surface area contributed by atoms with Crippen molar-refractivity contribution < 1.29 is 59.4 Å². The number of carboxylic acid groups (broad SMARTS) is 6. The Morgan fingerprint density at radius 3 is 1.00 bits per heavy atom. The van der Waals surface area contributed by atoms with E-state index in [0.717, 1.165) is 0 Å². The van der Waals surface area contributed by atoms with Crippen LogP contribution in [0.1, 0.15) is 20.3 Å². The van der Waals surface area contributed by atoms with Crippen molar-refractivity contribution in [2.75, 3.05) is 0 Å². The van der Waals surface area contributed by atoms with Crippen LogP contribution in [-0.2, 0) is 28.8 Å². The van der Waals surface area contributed by atoms with Crippen LogP contribution in [-0.4, -0.2) is 78.5 Å². The van der Waals surface area contributed by atoms with E-state index >= 15 is 0 Å². The first kappa shape index (κ1) is 30.0. The van der Waals surface area contributed by atoms with E-state index in [1.165, 1.54) is 0 Å². The summed E-state index contributed by atoms with van der Waals surface area (Å²) in [6, 6.07) is -3.22. The Balaban J connectivity index is -0.000000451. The minimum atomic E-state index is -1.61. The fraction of sp³-hybridized carbons (Fsp3) is 0.333. The molecule has 0 spiro atoms. The summed E-state index contributed by atoms with van der Waals surface area (Å²) in [6.07, 6.45) is -0.431. The summed E-state index contributed by atoms with van der Waals surface area (Å²) < 4.78 is 0. The Kier molecular flexibility index (Phi) is 14.8. The Morgan fingerprint density at radius 2 is 0.862 bits per heavy atom. The average Bonchev–Trinajstić information content (AvgIpc) is 2.50. The second kappa shape index (κ2) is 14.3. The molecular weight excluding hydrogens is 400 g/mol. The van der Waals surface area contributed by atoms with Gasteiger partial charge in [-0.3, -0.25) is 19.2 Å². The third-order valence-electron chi connectivity index (χ3n) is 2.66. The van der Waals surface area contributed by atoms with Gasteiger partial charge >= 0.3 is 35.8 Å². The molecule has 0 aromatic heterocycles. The van der Waals surface area contributed by atoms with Crippen LogP contribution in [0.5, 0.6) is 0 Å². The molecule has 10 N–H and O–H groups in total. The number of nitrogens with two attached hydrogens (primary N) is 2. The number of carbonyl (C=O) groups is 6. The topological polar surface area (TPSA) is 276 Å². The number of hydrogen-bond acceptors (Lipinski definition) is 8. The summed E-state index contributed by atoms with van der Waals surface area (Å²) in [5.74, 6) is -8.49. The Morgan fingerprint density at radius 1 is 0.621 bits per heavy atom. The van der Waals surface area contributed by atoms with Gasteiger partial charge in [-0.2, -0.15) is 0 Å². The molecule has 0 amide bonds. The highest BCUT2D eigenvalue weighted by molar-refractivity contribution is 5.88. The summed E-state index contributed by atoms with van der Waals surface area (Å²) in [5, 5.41) is 50.2. The lowest BCUT2D eigenvalue weighted by Gasteiger charge is -2.08. The minimum absolute atomic E-state index is 0. The molecule has 0 saturated carbocycles. The lowest BCUT2D eigenvalue weighted by atomic mass is 10.0. The largest absolute Gasteiger partial charge is 0.481 e. The van der Waals surface area contributed by atoms with Gasteiger partial charge in [0.15, 0.2) is 0 Å². The molecule has 0 fully saturated rings. The van der Waals surface area contributed by atoms with Crippen molar-refractivity contribution in [2.24, 2.45) is 11.5 Å². The van der Waals surface area contributed by atoms with Crippen molar-refractivity contribution in [3.8, 4) is 0 Å². The molecule has 2 unspecified atom stereocenters. The van der Waals surface area contributed by atoms with Gasteiger partial charge in [0.2, 0.25) is 0 Å². The van der Waals surface area contributed by atoms with Crippen LogP contribution < -0.4 is 11.5 Å². The summed E-state index contributed by atoms with van der Waals surface area (Å²) in [5.41, 5.74) is 9.40. The number of aliphatic carboxylic acids is 6. The van der Waals surface area contributed by atoms with Crippen molar-refractivity contribution in [1.29, 1.82) is 0 Å². The summed E-state index contributed by atoms with van der Waals surface area (Å²) in [4.78, 5) is 61.6. The molecule has 0 saturated heterocycles. The molecule has 14 nitrogen and oxygen atoms in total. The second-order valence-electron chi connectivity index (χ2n) is 4.89. The Labute approximate surface area is 163 Å². The van der Waals surface area contributed by atoms with Crippen molar-refractivity contribution in [3.05, 3.63) is 23.3 Å². The molecule has 0 heterocycles. The van der Waals surface area contributed by atoms with E-state index in [2.05, 4.69) is 0 Å². The normalized spacial score (nSPS) is 12.9.